The summed E-state index contributed by atoms with van der Waals surface area (Å²) in [4.78, 5) is 27.3. The lowest BCUT2D eigenvalue weighted by atomic mass is 10.1. The molecule has 1 atom stereocenters. The van der Waals surface area contributed by atoms with Gasteiger partial charge in [0.2, 0.25) is 0 Å². The van der Waals surface area contributed by atoms with Crippen molar-refractivity contribution in [1.29, 1.82) is 0 Å². The van der Waals surface area contributed by atoms with Crippen molar-refractivity contribution in [3.8, 4) is 0 Å². The lowest BCUT2D eigenvalue weighted by Gasteiger charge is -2.14. The molecule has 1 heterocycles. The van der Waals surface area contributed by atoms with Crippen molar-refractivity contribution in [3.05, 3.63) is 65.9 Å². The molecule has 0 aliphatic carbocycles. The third kappa shape index (κ3) is 4.51. The summed E-state index contributed by atoms with van der Waals surface area (Å²) >= 11 is 0. The van der Waals surface area contributed by atoms with E-state index in [1.54, 1.807) is 6.20 Å². The van der Waals surface area contributed by atoms with Crippen molar-refractivity contribution in [1.82, 2.24) is 4.98 Å². The van der Waals surface area contributed by atoms with E-state index in [2.05, 4.69) is 10.3 Å². The number of fused-ring (bicyclic) bond motifs is 1. The van der Waals surface area contributed by atoms with Crippen molar-refractivity contribution < 1.29 is 27.5 Å². The van der Waals surface area contributed by atoms with Crippen molar-refractivity contribution in [2.24, 2.45) is 0 Å². The second-order valence-corrected chi connectivity index (χ2v) is 6.24. The summed E-state index contributed by atoms with van der Waals surface area (Å²) in [5, 5.41) is 3.20. The summed E-state index contributed by atoms with van der Waals surface area (Å²) in [6, 6.07) is 11.7. The van der Waals surface area contributed by atoms with Gasteiger partial charge in [-0.15, -0.1) is 0 Å². The molecule has 1 aromatic heterocycles. The van der Waals surface area contributed by atoms with Gasteiger partial charge in [0, 0.05) is 22.8 Å². The van der Waals surface area contributed by atoms with Gasteiger partial charge in [0.1, 0.15) is 0 Å². The van der Waals surface area contributed by atoms with E-state index in [1.807, 2.05) is 24.3 Å². The number of benzene rings is 2. The number of hydrogen-bond donors (Lipinski definition) is 2. The molecule has 3 aromatic rings. The Morgan fingerprint density at radius 2 is 1.89 bits per heavy atom. The minimum atomic E-state index is -4.52. The number of halogens is 3. The Bertz CT molecular complexity index is 1010. The molecule has 0 aliphatic heterocycles. The van der Waals surface area contributed by atoms with Crippen LogP contribution in [0.25, 0.3) is 10.9 Å². The quantitative estimate of drug-likeness (QED) is 0.638. The molecule has 2 N–H and O–H groups in total. The molecule has 1 amide bonds. The molecular formula is C20H17F3N2O3. The zero-order chi connectivity index (χ0) is 20.3. The third-order valence-corrected chi connectivity index (χ3v) is 4.14. The van der Waals surface area contributed by atoms with Gasteiger partial charge < -0.3 is 15.0 Å². The number of para-hydroxylation sites is 1. The molecule has 0 aliphatic rings. The minimum Gasteiger partial charge on any atom is -0.452 e. The predicted octanol–water partition coefficient (Wildman–Crippen LogP) is 4.30. The zero-order valence-corrected chi connectivity index (χ0v) is 14.8. The summed E-state index contributed by atoms with van der Waals surface area (Å²) in [5.74, 6) is -1.33. The Labute approximate surface area is 158 Å². The first-order chi connectivity index (χ1) is 13.2. The molecule has 8 heteroatoms. The maximum absolute atomic E-state index is 12.7. The van der Waals surface area contributed by atoms with Gasteiger partial charge in [-0.1, -0.05) is 24.3 Å². The van der Waals surface area contributed by atoms with Crippen LogP contribution in [-0.2, 0) is 26.9 Å². The average molecular weight is 390 g/mol. The van der Waals surface area contributed by atoms with Gasteiger partial charge in [-0.25, -0.2) is 0 Å². The topological polar surface area (TPSA) is 71.2 Å². The standard InChI is InChI=1S/C20H17F3N2O3/c1-12(19(27)25-15-6-4-5-14(10-15)20(21,22)23)28-18(26)9-13-11-24-17-8-3-2-7-16(13)17/h2-8,10-12,24H,9H2,1H3,(H,25,27)/t12-/m1/s1. The van der Waals surface area contributed by atoms with Crippen LogP contribution in [0.4, 0.5) is 18.9 Å². The first kappa shape index (κ1) is 19.5. The molecule has 0 bridgehead atoms. The number of aromatic nitrogens is 1. The Morgan fingerprint density at radius 1 is 1.14 bits per heavy atom. The smallest absolute Gasteiger partial charge is 0.416 e. The van der Waals surface area contributed by atoms with E-state index in [9.17, 15) is 22.8 Å². The molecule has 146 valence electrons. The molecular weight excluding hydrogens is 373 g/mol. The number of hydrogen-bond acceptors (Lipinski definition) is 3. The van der Waals surface area contributed by atoms with Crippen molar-refractivity contribution in [3.63, 3.8) is 0 Å². The van der Waals surface area contributed by atoms with Crippen molar-refractivity contribution >= 4 is 28.5 Å². The molecule has 28 heavy (non-hydrogen) atoms. The fourth-order valence-electron chi connectivity index (χ4n) is 2.74. The van der Waals surface area contributed by atoms with E-state index in [0.717, 1.165) is 28.6 Å². The van der Waals surface area contributed by atoms with Gasteiger partial charge >= 0.3 is 12.1 Å². The average Bonchev–Trinajstić information content (AvgIpc) is 3.04. The number of alkyl halides is 3. The molecule has 5 nitrogen and oxygen atoms in total. The molecule has 3 rings (SSSR count). The number of H-pyrrole nitrogens is 1. The highest BCUT2D eigenvalue weighted by molar-refractivity contribution is 5.95. The molecule has 0 saturated carbocycles. The zero-order valence-electron chi connectivity index (χ0n) is 14.8. The molecule has 0 unspecified atom stereocenters. The van der Waals surface area contributed by atoms with Crippen LogP contribution in [0, 0.1) is 0 Å². The predicted molar refractivity (Wildman–Crippen MR) is 97.6 cm³/mol. The molecule has 0 saturated heterocycles. The lowest BCUT2D eigenvalue weighted by molar-refractivity contribution is -0.152. The largest absolute Gasteiger partial charge is 0.452 e. The van der Waals surface area contributed by atoms with Gasteiger partial charge in [0.25, 0.3) is 5.91 Å². The van der Waals surface area contributed by atoms with E-state index in [-0.39, 0.29) is 12.1 Å². The van der Waals surface area contributed by atoms with Crippen LogP contribution in [0.5, 0.6) is 0 Å². The van der Waals surface area contributed by atoms with Gasteiger partial charge in [-0.3, -0.25) is 9.59 Å². The molecule has 0 fully saturated rings. The molecule has 2 aromatic carbocycles. The van der Waals surface area contributed by atoms with E-state index in [4.69, 9.17) is 4.74 Å². The normalized spacial score (nSPS) is 12.6. The number of ether oxygens (including phenoxy) is 1. The van der Waals surface area contributed by atoms with Crippen molar-refractivity contribution in [2.75, 3.05) is 5.32 Å². The van der Waals surface area contributed by atoms with Crippen LogP contribution in [0.3, 0.4) is 0 Å². The molecule has 0 radical (unpaired) electrons. The fraction of sp³-hybridized carbons (Fsp3) is 0.200. The first-order valence-electron chi connectivity index (χ1n) is 8.46. The van der Waals surface area contributed by atoms with Crippen LogP contribution >= 0.6 is 0 Å². The Hall–Kier alpha value is -3.29. The number of carbonyl (C=O) groups excluding carboxylic acids is 2. The van der Waals surface area contributed by atoms with Crippen molar-refractivity contribution in [2.45, 2.75) is 25.6 Å². The number of esters is 1. The summed E-state index contributed by atoms with van der Waals surface area (Å²) < 4.78 is 43.3. The van der Waals surface area contributed by atoms with Gasteiger partial charge in [-0.05, 0) is 36.8 Å². The van der Waals surface area contributed by atoms with Crippen LogP contribution in [0.15, 0.2) is 54.7 Å². The maximum atomic E-state index is 12.7. The van der Waals surface area contributed by atoms with E-state index in [0.29, 0.717) is 0 Å². The van der Waals surface area contributed by atoms with Crippen LogP contribution in [0.1, 0.15) is 18.1 Å². The van der Waals surface area contributed by atoms with Crippen LogP contribution in [0.2, 0.25) is 0 Å². The molecule has 0 spiro atoms. The second kappa shape index (κ2) is 7.75. The number of nitrogens with one attached hydrogen (secondary N) is 2. The number of amides is 1. The first-order valence-corrected chi connectivity index (χ1v) is 8.46. The Balaban J connectivity index is 1.60. The summed E-state index contributed by atoms with van der Waals surface area (Å²) in [6.07, 6.45) is -4.02. The maximum Gasteiger partial charge on any atom is 0.416 e. The van der Waals surface area contributed by atoms with Gasteiger partial charge in [-0.2, -0.15) is 13.2 Å². The Morgan fingerprint density at radius 3 is 2.64 bits per heavy atom. The SMILES string of the molecule is C[C@@H](OC(=O)Cc1c[nH]c2ccccc12)C(=O)Nc1cccc(C(F)(F)F)c1. The highest BCUT2D eigenvalue weighted by atomic mass is 19.4. The Kier molecular flexibility index (Phi) is 5.39. The monoisotopic (exact) mass is 390 g/mol. The number of aromatic amines is 1. The van der Waals surface area contributed by atoms with Gasteiger partial charge in [0.05, 0.1) is 12.0 Å². The highest BCUT2D eigenvalue weighted by Crippen LogP contribution is 2.30. The van der Waals surface area contributed by atoms with Gasteiger partial charge in [0.15, 0.2) is 6.10 Å². The number of carbonyl (C=O) groups is 2. The number of rotatable bonds is 5. The van der Waals surface area contributed by atoms with Crippen LogP contribution in [-0.4, -0.2) is 23.0 Å². The second-order valence-electron chi connectivity index (χ2n) is 6.24. The summed E-state index contributed by atoms with van der Waals surface area (Å²) in [5.41, 5.74) is 0.695. The fourth-order valence-corrected chi connectivity index (χ4v) is 2.74. The highest BCUT2D eigenvalue weighted by Gasteiger charge is 2.30. The summed E-state index contributed by atoms with van der Waals surface area (Å²) in [7, 11) is 0. The minimum absolute atomic E-state index is 0.0284. The van der Waals surface area contributed by atoms with Crippen LogP contribution < -0.4 is 5.32 Å². The number of anilines is 1. The van der Waals surface area contributed by atoms with E-state index in [1.165, 1.54) is 19.1 Å². The lowest BCUT2D eigenvalue weighted by Crippen LogP contribution is -2.30. The third-order valence-electron chi connectivity index (χ3n) is 4.14. The summed E-state index contributed by atoms with van der Waals surface area (Å²) in [6.45, 7) is 1.36. The van der Waals surface area contributed by atoms with E-state index >= 15 is 0 Å². The van der Waals surface area contributed by atoms with E-state index < -0.39 is 29.7 Å².